The zero-order valence-corrected chi connectivity index (χ0v) is 22.9. The molecule has 1 N–H and O–H groups in total. The molecule has 0 aliphatic carbocycles. The van der Waals surface area contributed by atoms with Gasteiger partial charge in [-0.3, -0.25) is 14.3 Å². The summed E-state index contributed by atoms with van der Waals surface area (Å²) in [5, 5.41) is 15.4. The van der Waals surface area contributed by atoms with Gasteiger partial charge in [0.1, 0.15) is 5.82 Å². The summed E-state index contributed by atoms with van der Waals surface area (Å²) in [6, 6.07) is 15.1. The van der Waals surface area contributed by atoms with Gasteiger partial charge >= 0.3 is 0 Å². The summed E-state index contributed by atoms with van der Waals surface area (Å²) in [5.41, 5.74) is 5.02. The van der Waals surface area contributed by atoms with Gasteiger partial charge < -0.3 is 10.0 Å². The van der Waals surface area contributed by atoms with Crippen LogP contribution in [0.4, 0.5) is 4.39 Å². The van der Waals surface area contributed by atoms with E-state index in [9.17, 15) is 19.1 Å². The predicted molar refractivity (Wildman–Crippen MR) is 152 cm³/mol. The van der Waals surface area contributed by atoms with Crippen molar-refractivity contribution in [1.29, 1.82) is 0 Å². The molecule has 7 nitrogen and oxygen atoms in total. The number of aliphatic hydroxyl groups is 1. The third-order valence-corrected chi connectivity index (χ3v) is 8.77. The average Bonchev–Trinajstić information content (AvgIpc) is 3.59. The zero-order chi connectivity index (χ0) is 27.8. The van der Waals surface area contributed by atoms with Crippen LogP contribution in [0.2, 0.25) is 0 Å². The molecule has 40 heavy (non-hydrogen) atoms. The first-order valence-corrected chi connectivity index (χ1v) is 14.3. The molecular formula is C31H29FN4O3S. The van der Waals surface area contributed by atoms with E-state index in [1.807, 2.05) is 16.9 Å². The van der Waals surface area contributed by atoms with Crippen LogP contribution < -0.4 is 0 Å². The molecule has 0 bridgehead atoms. The molecule has 204 valence electrons. The summed E-state index contributed by atoms with van der Waals surface area (Å²) >= 11 is 1.47. The third-order valence-electron chi connectivity index (χ3n) is 7.59. The number of aromatic nitrogens is 2. The molecule has 0 saturated heterocycles. The van der Waals surface area contributed by atoms with Gasteiger partial charge in [-0.25, -0.2) is 9.38 Å². The van der Waals surface area contributed by atoms with Gasteiger partial charge in [0.25, 0.3) is 11.8 Å². The highest BCUT2D eigenvalue weighted by Gasteiger charge is 2.36. The number of aliphatic hydroxyl groups excluding tert-OH is 1. The average molecular weight is 557 g/mol. The first-order valence-electron chi connectivity index (χ1n) is 13.5. The van der Waals surface area contributed by atoms with Gasteiger partial charge in [-0.1, -0.05) is 37.3 Å². The molecule has 2 aliphatic rings. The van der Waals surface area contributed by atoms with E-state index >= 15 is 0 Å². The highest BCUT2D eigenvalue weighted by atomic mass is 32.1. The monoisotopic (exact) mass is 556 g/mol. The van der Waals surface area contributed by atoms with E-state index in [-0.39, 0.29) is 24.2 Å². The van der Waals surface area contributed by atoms with Gasteiger partial charge in [0.15, 0.2) is 6.23 Å². The summed E-state index contributed by atoms with van der Waals surface area (Å²) < 4.78 is 16.0. The number of aliphatic imine (C=N–C) groups is 1. The number of hydrogen-bond donors (Lipinski definition) is 1. The zero-order valence-electron chi connectivity index (χ0n) is 22.1. The van der Waals surface area contributed by atoms with Crippen LogP contribution in [0.25, 0.3) is 11.3 Å². The van der Waals surface area contributed by atoms with E-state index < -0.39 is 12.1 Å². The summed E-state index contributed by atoms with van der Waals surface area (Å²) in [4.78, 5) is 33.8. The van der Waals surface area contributed by atoms with Crippen molar-refractivity contribution in [3.05, 3.63) is 98.6 Å². The maximum absolute atomic E-state index is 13.9. The number of nitrogens with zero attached hydrogens (tertiary/aromatic N) is 4. The number of carbonyl (C=O) groups excluding carboxylic acids is 2. The Kier molecular flexibility index (Phi) is 7.16. The molecule has 4 heterocycles. The fraction of sp³-hybridized carbons (Fsp3) is 0.290. The lowest BCUT2D eigenvalue weighted by atomic mass is 9.99. The molecule has 4 aromatic rings. The number of fused-ring (bicyclic) bond motifs is 4. The summed E-state index contributed by atoms with van der Waals surface area (Å²) in [6.07, 6.45) is 5.40. The minimum absolute atomic E-state index is 0.127. The van der Waals surface area contributed by atoms with E-state index in [0.29, 0.717) is 28.0 Å². The Morgan fingerprint density at radius 2 is 2.08 bits per heavy atom. The highest BCUT2D eigenvalue weighted by Crippen LogP contribution is 2.37. The van der Waals surface area contributed by atoms with Crippen LogP contribution in [0.3, 0.4) is 0 Å². The smallest absolute Gasteiger partial charge is 0.286 e. The number of rotatable bonds is 7. The molecule has 2 aromatic carbocycles. The van der Waals surface area contributed by atoms with E-state index in [2.05, 4.69) is 17.0 Å². The molecule has 0 fully saturated rings. The molecule has 6 rings (SSSR count). The number of thiophene rings is 1. The fourth-order valence-corrected chi connectivity index (χ4v) is 6.72. The standard InChI is InChI=1S/C31H29FN4O3S/c1-2-21-17-34-36-12-6-11-26-25(28(21)36)15-27(40-26)29(37)33-16-20(13-19-7-5-8-22(32)14-19)18-35-30(38)23-9-3-4-10-24(23)31(35)39/h3-5,7-10,14-17,20,30,38H,2,6,11-13,18H2,1H3. The fourth-order valence-electron chi connectivity index (χ4n) is 5.63. The van der Waals surface area contributed by atoms with Gasteiger partial charge in [0, 0.05) is 46.8 Å². The van der Waals surface area contributed by atoms with Gasteiger partial charge in [0.05, 0.1) is 16.8 Å². The number of carbonyl (C=O) groups is 2. The van der Waals surface area contributed by atoms with Crippen LogP contribution in [-0.4, -0.2) is 44.4 Å². The quantitative estimate of drug-likeness (QED) is 0.306. The van der Waals surface area contributed by atoms with Crippen molar-refractivity contribution in [2.24, 2.45) is 10.9 Å². The SMILES string of the molecule is CCc1cnn2c1-c1cc(C(=O)N=CC(Cc3cccc(F)c3)CN3C(=O)c4ccccc4C3O)sc1CCC2. The first kappa shape index (κ1) is 26.3. The van der Waals surface area contributed by atoms with Crippen molar-refractivity contribution < 1.29 is 19.1 Å². The maximum atomic E-state index is 13.9. The second-order valence-corrected chi connectivity index (χ2v) is 11.4. The molecule has 0 spiro atoms. The number of halogens is 1. The summed E-state index contributed by atoms with van der Waals surface area (Å²) in [6.45, 7) is 3.08. The van der Waals surface area contributed by atoms with E-state index in [0.717, 1.165) is 47.5 Å². The van der Waals surface area contributed by atoms with Crippen LogP contribution in [0.15, 0.2) is 65.8 Å². The molecule has 0 radical (unpaired) electrons. The molecule has 2 atom stereocenters. The van der Waals surface area contributed by atoms with Crippen LogP contribution in [0, 0.1) is 11.7 Å². The Morgan fingerprint density at radius 3 is 2.88 bits per heavy atom. The number of amides is 2. The number of benzene rings is 2. The maximum Gasteiger partial charge on any atom is 0.286 e. The normalized spacial score (nSPS) is 17.0. The second-order valence-electron chi connectivity index (χ2n) is 10.2. The second kappa shape index (κ2) is 10.9. The number of aryl methyl sites for hydroxylation is 3. The van der Waals surface area contributed by atoms with Gasteiger partial charge in [-0.05, 0) is 61.1 Å². The first-order chi connectivity index (χ1) is 19.4. The molecule has 2 unspecified atom stereocenters. The van der Waals surface area contributed by atoms with Crippen LogP contribution in [0.1, 0.15) is 61.2 Å². The third kappa shape index (κ3) is 4.91. The number of hydrogen-bond acceptors (Lipinski definition) is 5. The lowest BCUT2D eigenvalue weighted by molar-refractivity contribution is 0.0144. The Morgan fingerprint density at radius 1 is 1.23 bits per heavy atom. The van der Waals surface area contributed by atoms with Crippen LogP contribution in [0.5, 0.6) is 0 Å². The Bertz CT molecular complexity index is 1620. The summed E-state index contributed by atoms with van der Waals surface area (Å²) in [5.74, 6) is -1.43. The minimum Gasteiger partial charge on any atom is -0.369 e. The van der Waals surface area contributed by atoms with E-state index in [4.69, 9.17) is 0 Å². The van der Waals surface area contributed by atoms with E-state index in [1.54, 1.807) is 42.6 Å². The van der Waals surface area contributed by atoms with Crippen molar-refractivity contribution in [2.45, 2.75) is 45.4 Å². The molecule has 2 aromatic heterocycles. The van der Waals surface area contributed by atoms with Gasteiger partial charge in [-0.2, -0.15) is 5.10 Å². The highest BCUT2D eigenvalue weighted by molar-refractivity contribution is 7.14. The molecule has 2 amide bonds. The molecule has 0 saturated carbocycles. The van der Waals surface area contributed by atoms with Crippen molar-refractivity contribution in [3.63, 3.8) is 0 Å². The Hall–Kier alpha value is -3.95. The van der Waals surface area contributed by atoms with Crippen molar-refractivity contribution in [1.82, 2.24) is 14.7 Å². The van der Waals surface area contributed by atoms with Crippen LogP contribution >= 0.6 is 11.3 Å². The van der Waals surface area contributed by atoms with Crippen molar-refractivity contribution in [3.8, 4) is 11.3 Å². The van der Waals surface area contributed by atoms with Crippen LogP contribution in [-0.2, 0) is 25.8 Å². The van der Waals surface area contributed by atoms with Gasteiger partial charge in [-0.15, -0.1) is 11.3 Å². The predicted octanol–water partition coefficient (Wildman–Crippen LogP) is 5.48. The lowest BCUT2D eigenvalue weighted by Gasteiger charge is -2.25. The van der Waals surface area contributed by atoms with Gasteiger partial charge in [0.2, 0.25) is 0 Å². The Labute approximate surface area is 235 Å². The largest absolute Gasteiger partial charge is 0.369 e. The topological polar surface area (TPSA) is 87.8 Å². The lowest BCUT2D eigenvalue weighted by Crippen LogP contribution is -2.34. The minimum atomic E-state index is -1.09. The van der Waals surface area contributed by atoms with Crippen molar-refractivity contribution >= 4 is 29.4 Å². The molecule has 2 aliphatic heterocycles. The summed E-state index contributed by atoms with van der Waals surface area (Å²) in [7, 11) is 0. The Balaban J connectivity index is 1.27. The molecule has 9 heteroatoms. The molecular weight excluding hydrogens is 527 g/mol. The van der Waals surface area contributed by atoms with E-state index in [1.165, 1.54) is 28.4 Å². The van der Waals surface area contributed by atoms with Crippen molar-refractivity contribution in [2.75, 3.05) is 6.54 Å².